The fraction of sp³-hybridized carbons (Fsp3) is 0.167. The summed E-state index contributed by atoms with van der Waals surface area (Å²) in [4.78, 5) is 9.25. The van der Waals surface area contributed by atoms with Crippen LogP contribution in [0.15, 0.2) is 102 Å². The summed E-state index contributed by atoms with van der Waals surface area (Å²) < 4.78 is 0. The van der Waals surface area contributed by atoms with Gasteiger partial charge < -0.3 is 10.4 Å². The Morgan fingerprint density at radius 1 is 0.943 bits per heavy atom. The Labute approximate surface area is 206 Å². The molecule has 0 amide bonds. The van der Waals surface area contributed by atoms with Crippen molar-refractivity contribution >= 4 is 11.7 Å². The van der Waals surface area contributed by atoms with Crippen molar-refractivity contribution in [3.8, 4) is 11.1 Å². The third-order valence-electron chi connectivity index (χ3n) is 5.81. The lowest BCUT2D eigenvalue weighted by molar-refractivity contribution is 0.288. The first kappa shape index (κ1) is 24.0. The molecule has 0 aliphatic rings. The number of nitrogens with one attached hydrogen (secondary N) is 2. The van der Waals surface area contributed by atoms with Crippen LogP contribution in [0, 0.1) is 12.3 Å². The highest BCUT2D eigenvalue weighted by atomic mass is 16.2. The quantitative estimate of drug-likeness (QED) is 0.237. The molecule has 4 aromatic rings. The number of amidine groups is 2. The Kier molecular flexibility index (Phi) is 8.15. The molecule has 0 aliphatic heterocycles. The highest BCUT2D eigenvalue weighted by molar-refractivity contribution is 6.13. The number of aromatic nitrogens is 1. The van der Waals surface area contributed by atoms with Crippen molar-refractivity contribution in [3.05, 3.63) is 125 Å². The molecule has 5 nitrogen and oxygen atoms in total. The minimum absolute atomic E-state index is 0.150. The zero-order valence-electron chi connectivity index (χ0n) is 19.9. The van der Waals surface area contributed by atoms with Crippen LogP contribution in [0.25, 0.3) is 11.1 Å². The molecule has 35 heavy (non-hydrogen) atoms. The minimum atomic E-state index is 0.150. The number of aryl methyl sites for hydroxylation is 2. The van der Waals surface area contributed by atoms with Gasteiger partial charge in [0, 0.05) is 23.9 Å². The normalized spacial score (nSPS) is 11.3. The van der Waals surface area contributed by atoms with Gasteiger partial charge in [0.05, 0.1) is 12.2 Å². The predicted octanol–water partition coefficient (Wildman–Crippen LogP) is 5.54. The van der Waals surface area contributed by atoms with Gasteiger partial charge in [0.25, 0.3) is 0 Å². The summed E-state index contributed by atoms with van der Waals surface area (Å²) in [7, 11) is 0. The summed E-state index contributed by atoms with van der Waals surface area (Å²) in [5, 5.41) is 21.5. The lowest BCUT2D eigenvalue weighted by Gasteiger charge is -2.17. The first-order valence-corrected chi connectivity index (χ1v) is 11.8. The Morgan fingerprint density at radius 2 is 1.74 bits per heavy atom. The number of hydrogen-bond acceptors (Lipinski definition) is 3. The van der Waals surface area contributed by atoms with Crippen LogP contribution in [-0.2, 0) is 13.0 Å². The molecule has 5 heteroatoms. The van der Waals surface area contributed by atoms with Crippen molar-refractivity contribution in [3.63, 3.8) is 0 Å². The van der Waals surface area contributed by atoms with Gasteiger partial charge in [-0.1, -0.05) is 72.8 Å². The summed E-state index contributed by atoms with van der Waals surface area (Å²) in [6.45, 7) is 2.71. The molecule has 0 aliphatic carbocycles. The zero-order chi connectivity index (χ0) is 24.5. The second kappa shape index (κ2) is 11.9. The van der Waals surface area contributed by atoms with Gasteiger partial charge in [0.1, 0.15) is 5.84 Å². The monoisotopic (exact) mass is 462 g/mol. The number of aliphatic hydroxyl groups excluding tert-OH is 1. The van der Waals surface area contributed by atoms with Gasteiger partial charge >= 0.3 is 0 Å². The Bertz CT molecular complexity index is 1300. The van der Waals surface area contributed by atoms with E-state index < -0.39 is 0 Å². The number of rotatable bonds is 8. The van der Waals surface area contributed by atoms with E-state index in [0.29, 0.717) is 18.8 Å². The maximum absolute atomic E-state index is 9.17. The second-order valence-electron chi connectivity index (χ2n) is 8.37. The van der Waals surface area contributed by atoms with Gasteiger partial charge in [0.2, 0.25) is 0 Å². The van der Waals surface area contributed by atoms with Crippen molar-refractivity contribution in [1.82, 2.24) is 10.3 Å². The number of nitrogens with zero attached hydrogens (tertiary/aromatic N) is 2. The molecule has 0 atom stereocenters. The van der Waals surface area contributed by atoms with Crippen LogP contribution in [0.3, 0.4) is 0 Å². The lowest BCUT2D eigenvalue weighted by Crippen LogP contribution is -2.27. The molecule has 0 unspecified atom stereocenters. The number of pyridine rings is 1. The molecule has 0 radical (unpaired) electrons. The standard InChI is InChI=1S/C30H30N4O/c1-22-10-7-17-27(24-13-3-2-4-14-24)28(22)30(33-21-26-16-5-6-18-32-26)34-29(31)25-15-8-11-23(20-25)12-9-19-35/h2-8,10-11,13-18,20,35H,9,12,19,21H2,1H3,(H2,31,33,34). The summed E-state index contributed by atoms with van der Waals surface area (Å²) in [5.74, 6) is 0.819. The second-order valence-corrected chi connectivity index (χ2v) is 8.37. The summed E-state index contributed by atoms with van der Waals surface area (Å²) >= 11 is 0. The molecule has 3 N–H and O–H groups in total. The molecule has 3 aromatic carbocycles. The summed E-state index contributed by atoms with van der Waals surface area (Å²) in [6.07, 6.45) is 3.24. The molecule has 0 fully saturated rings. The minimum Gasteiger partial charge on any atom is -0.396 e. The van der Waals surface area contributed by atoms with E-state index in [1.54, 1.807) is 6.20 Å². The van der Waals surface area contributed by atoms with E-state index in [2.05, 4.69) is 41.5 Å². The molecular weight excluding hydrogens is 432 g/mol. The first-order chi connectivity index (χ1) is 17.2. The molecule has 176 valence electrons. The van der Waals surface area contributed by atoms with Crippen molar-refractivity contribution in [2.45, 2.75) is 26.3 Å². The van der Waals surface area contributed by atoms with E-state index in [1.165, 1.54) is 0 Å². The van der Waals surface area contributed by atoms with Crippen LogP contribution in [0.4, 0.5) is 0 Å². The number of benzene rings is 3. The van der Waals surface area contributed by atoms with E-state index >= 15 is 0 Å². The van der Waals surface area contributed by atoms with E-state index in [0.717, 1.165) is 45.5 Å². The van der Waals surface area contributed by atoms with Gasteiger partial charge in [0.15, 0.2) is 5.84 Å². The van der Waals surface area contributed by atoms with Gasteiger partial charge in [-0.25, -0.2) is 4.99 Å². The number of hydrogen-bond donors (Lipinski definition) is 3. The van der Waals surface area contributed by atoms with E-state index in [-0.39, 0.29) is 12.4 Å². The third kappa shape index (κ3) is 6.28. The SMILES string of the molecule is Cc1cccc(-c2ccccc2)c1/C(=N\C(=N)c1cccc(CCCO)c1)NCc1ccccn1. The molecular formula is C30H30N4O. The van der Waals surface area contributed by atoms with Crippen molar-refractivity contribution < 1.29 is 5.11 Å². The number of aliphatic imine (C=N–C) groups is 1. The van der Waals surface area contributed by atoms with Crippen LogP contribution in [-0.4, -0.2) is 28.4 Å². The highest BCUT2D eigenvalue weighted by Gasteiger charge is 2.16. The van der Waals surface area contributed by atoms with Crippen molar-refractivity contribution in [2.24, 2.45) is 4.99 Å². The summed E-state index contributed by atoms with van der Waals surface area (Å²) in [5.41, 5.74) is 6.91. The molecule has 0 spiro atoms. The van der Waals surface area contributed by atoms with Gasteiger partial charge in [-0.3, -0.25) is 10.4 Å². The Balaban J connectivity index is 1.75. The third-order valence-corrected chi connectivity index (χ3v) is 5.81. The van der Waals surface area contributed by atoms with Crippen LogP contribution in [0.1, 0.15) is 34.4 Å². The molecule has 1 heterocycles. The fourth-order valence-electron chi connectivity index (χ4n) is 4.03. The maximum atomic E-state index is 9.17. The Hall–Kier alpha value is -4.09. The number of aliphatic hydroxyl groups is 1. The van der Waals surface area contributed by atoms with Crippen molar-refractivity contribution in [2.75, 3.05) is 6.61 Å². The average molecular weight is 463 g/mol. The lowest BCUT2D eigenvalue weighted by atomic mass is 9.95. The van der Waals surface area contributed by atoms with Crippen LogP contribution >= 0.6 is 0 Å². The highest BCUT2D eigenvalue weighted by Crippen LogP contribution is 2.27. The van der Waals surface area contributed by atoms with Crippen LogP contribution in [0.5, 0.6) is 0 Å². The van der Waals surface area contributed by atoms with E-state index in [4.69, 9.17) is 10.4 Å². The molecule has 4 rings (SSSR count). The molecule has 0 saturated heterocycles. The first-order valence-electron chi connectivity index (χ1n) is 11.8. The van der Waals surface area contributed by atoms with E-state index in [1.807, 2.05) is 66.7 Å². The summed E-state index contributed by atoms with van der Waals surface area (Å²) in [6, 6.07) is 30.1. The smallest absolute Gasteiger partial charge is 0.154 e. The topological polar surface area (TPSA) is 81.4 Å². The predicted molar refractivity (Wildman–Crippen MR) is 143 cm³/mol. The van der Waals surface area contributed by atoms with Crippen molar-refractivity contribution in [1.29, 1.82) is 5.41 Å². The van der Waals surface area contributed by atoms with Gasteiger partial charge in [-0.05, 0) is 60.2 Å². The van der Waals surface area contributed by atoms with E-state index in [9.17, 15) is 5.11 Å². The molecule has 0 bridgehead atoms. The molecule has 1 aromatic heterocycles. The van der Waals surface area contributed by atoms with Crippen LogP contribution in [0.2, 0.25) is 0 Å². The zero-order valence-corrected chi connectivity index (χ0v) is 19.9. The molecule has 0 saturated carbocycles. The van der Waals surface area contributed by atoms with Gasteiger partial charge in [-0.2, -0.15) is 0 Å². The average Bonchev–Trinajstić information content (AvgIpc) is 2.91. The largest absolute Gasteiger partial charge is 0.396 e. The van der Waals surface area contributed by atoms with Crippen LogP contribution < -0.4 is 5.32 Å². The van der Waals surface area contributed by atoms with Gasteiger partial charge in [-0.15, -0.1) is 0 Å². The fourth-order valence-corrected chi connectivity index (χ4v) is 4.03. The maximum Gasteiger partial charge on any atom is 0.154 e. The Morgan fingerprint density at radius 3 is 2.51 bits per heavy atom.